The molecule has 0 saturated carbocycles. The molecule has 1 unspecified atom stereocenters. The zero-order valence-electron chi connectivity index (χ0n) is 9.69. The molecule has 2 heterocycles. The first-order valence-electron chi connectivity index (χ1n) is 6.11. The smallest absolute Gasteiger partial charge is 0.253 e. The van der Waals surface area contributed by atoms with E-state index in [0.717, 1.165) is 25.2 Å². The monoisotopic (exact) mass is 232 g/mol. The number of carbonyl (C=O) groups is 1. The van der Waals surface area contributed by atoms with E-state index in [1.54, 1.807) is 0 Å². The van der Waals surface area contributed by atoms with Crippen molar-refractivity contribution in [3.05, 3.63) is 29.8 Å². The topological polar surface area (TPSA) is 41.6 Å². The molecule has 2 aliphatic heterocycles. The molecule has 0 aromatic heterocycles. The van der Waals surface area contributed by atoms with Gasteiger partial charge in [-0.1, -0.05) is 12.1 Å². The summed E-state index contributed by atoms with van der Waals surface area (Å²) >= 11 is 0. The Bertz CT molecular complexity index is 427. The van der Waals surface area contributed by atoms with Gasteiger partial charge in [-0.05, 0) is 36.6 Å². The molecule has 2 saturated heterocycles. The number of benzene rings is 1. The molecule has 0 spiro atoms. The van der Waals surface area contributed by atoms with Gasteiger partial charge in [-0.15, -0.1) is 0 Å². The van der Waals surface area contributed by atoms with Crippen molar-refractivity contribution >= 4 is 11.6 Å². The van der Waals surface area contributed by atoms with Crippen molar-refractivity contribution in [2.24, 2.45) is 0 Å². The van der Waals surface area contributed by atoms with E-state index in [0.29, 0.717) is 18.9 Å². The normalized spacial score (nSPS) is 24.6. The maximum Gasteiger partial charge on any atom is 0.253 e. The van der Waals surface area contributed by atoms with Crippen LogP contribution in [0.5, 0.6) is 0 Å². The van der Waals surface area contributed by atoms with Crippen LogP contribution in [0.3, 0.4) is 0 Å². The number of hydrogen-bond acceptors (Lipinski definition) is 3. The first kappa shape index (κ1) is 10.7. The lowest BCUT2D eigenvalue weighted by atomic mass is 9.98. The van der Waals surface area contributed by atoms with Crippen LogP contribution in [0.2, 0.25) is 0 Å². The number of hydrogen-bond donors (Lipinski definition) is 1. The van der Waals surface area contributed by atoms with Crippen molar-refractivity contribution in [2.45, 2.75) is 18.8 Å². The largest absolute Gasteiger partial charge is 0.316 e. The summed E-state index contributed by atoms with van der Waals surface area (Å²) in [7, 11) is 0. The van der Waals surface area contributed by atoms with Gasteiger partial charge in [-0.25, -0.2) is 0 Å². The van der Waals surface area contributed by atoms with Crippen molar-refractivity contribution in [1.82, 2.24) is 5.32 Å². The molecular formula is C13H16N2O2. The highest BCUT2D eigenvalue weighted by Gasteiger charge is 2.24. The zero-order valence-corrected chi connectivity index (χ0v) is 9.69. The first-order valence-corrected chi connectivity index (χ1v) is 6.11. The van der Waals surface area contributed by atoms with Gasteiger partial charge in [0, 0.05) is 6.54 Å². The fraction of sp³-hybridized carbons (Fsp3) is 0.462. The standard InChI is InChI=1S/C13H16N2O2/c16-13-5-7-17-15(13)12-3-1-2-10(8-12)11-4-6-14-9-11/h1-3,8,11,14H,4-7,9H2. The Kier molecular flexibility index (Phi) is 2.82. The first-order chi connectivity index (χ1) is 8.34. The van der Waals surface area contributed by atoms with Gasteiger partial charge in [0.05, 0.1) is 18.7 Å². The third kappa shape index (κ3) is 2.06. The Morgan fingerprint density at radius 2 is 2.35 bits per heavy atom. The van der Waals surface area contributed by atoms with Gasteiger partial charge in [0.1, 0.15) is 0 Å². The molecule has 4 nitrogen and oxygen atoms in total. The molecule has 2 fully saturated rings. The number of hydroxylamine groups is 1. The molecule has 3 rings (SSSR count). The number of nitrogens with one attached hydrogen (secondary N) is 1. The Morgan fingerprint density at radius 3 is 3.06 bits per heavy atom. The lowest BCUT2D eigenvalue weighted by molar-refractivity contribution is -0.119. The number of anilines is 1. The second kappa shape index (κ2) is 4.47. The van der Waals surface area contributed by atoms with Crippen molar-refractivity contribution in [3.63, 3.8) is 0 Å². The number of rotatable bonds is 2. The summed E-state index contributed by atoms with van der Waals surface area (Å²) in [5, 5.41) is 4.78. The lowest BCUT2D eigenvalue weighted by Crippen LogP contribution is -2.22. The van der Waals surface area contributed by atoms with E-state index < -0.39 is 0 Å². The van der Waals surface area contributed by atoms with Crippen LogP contribution in [-0.4, -0.2) is 25.6 Å². The SMILES string of the molecule is O=C1CCON1c1cccc(C2CCNC2)c1. The Morgan fingerprint density at radius 1 is 1.41 bits per heavy atom. The van der Waals surface area contributed by atoms with E-state index in [9.17, 15) is 4.79 Å². The molecule has 1 aromatic rings. The van der Waals surface area contributed by atoms with E-state index in [2.05, 4.69) is 17.4 Å². The molecular weight excluding hydrogens is 216 g/mol. The number of amides is 1. The van der Waals surface area contributed by atoms with Gasteiger partial charge >= 0.3 is 0 Å². The maximum absolute atomic E-state index is 11.6. The molecule has 0 aliphatic carbocycles. The zero-order chi connectivity index (χ0) is 11.7. The van der Waals surface area contributed by atoms with Gasteiger partial charge in [-0.2, -0.15) is 5.06 Å². The maximum atomic E-state index is 11.6. The second-order valence-electron chi connectivity index (χ2n) is 4.56. The van der Waals surface area contributed by atoms with Crippen LogP contribution in [0, 0.1) is 0 Å². The molecule has 0 radical (unpaired) electrons. The fourth-order valence-corrected chi connectivity index (χ4v) is 2.46. The van der Waals surface area contributed by atoms with Crippen LogP contribution in [0.1, 0.15) is 24.3 Å². The van der Waals surface area contributed by atoms with Crippen LogP contribution in [-0.2, 0) is 9.63 Å². The highest BCUT2D eigenvalue weighted by Crippen LogP contribution is 2.27. The van der Waals surface area contributed by atoms with Crippen molar-refractivity contribution in [3.8, 4) is 0 Å². The Labute approximate surface area is 101 Å². The van der Waals surface area contributed by atoms with Gasteiger partial charge in [0.2, 0.25) is 0 Å². The molecule has 1 aromatic carbocycles. The van der Waals surface area contributed by atoms with Crippen LogP contribution in [0.4, 0.5) is 5.69 Å². The third-order valence-electron chi connectivity index (χ3n) is 3.40. The highest BCUT2D eigenvalue weighted by molar-refractivity contribution is 5.92. The van der Waals surface area contributed by atoms with Crippen LogP contribution < -0.4 is 10.4 Å². The van der Waals surface area contributed by atoms with E-state index in [-0.39, 0.29) is 5.91 Å². The molecule has 17 heavy (non-hydrogen) atoms. The minimum Gasteiger partial charge on any atom is -0.316 e. The summed E-state index contributed by atoms with van der Waals surface area (Å²) in [6.07, 6.45) is 1.65. The summed E-state index contributed by atoms with van der Waals surface area (Å²) in [6.45, 7) is 2.60. The predicted molar refractivity (Wildman–Crippen MR) is 64.7 cm³/mol. The molecule has 1 amide bonds. The minimum atomic E-state index is 0.0479. The third-order valence-corrected chi connectivity index (χ3v) is 3.40. The molecule has 1 N–H and O–H groups in total. The van der Waals surface area contributed by atoms with Crippen LogP contribution >= 0.6 is 0 Å². The Hall–Kier alpha value is -1.39. The van der Waals surface area contributed by atoms with Crippen molar-refractivity contribution in [2.75, 3.05) is 24.8 Å². The summed E-state index contributed by atoms with van der Waals surface area (Å²) in [5.74, 6) is 0.611. The molecule has 90 valence electrons. The summed E-state index contributed by atoms with van der Waals surface area (Å²) < 4.78 is 0. The summed E-state index contributed by atoms with van der Waals surface area (Å²) in [6, 6.07) is 8.12. The average Bonchev–Trinajstić information content (AvgIpc) is 2.99. The molecule has 1 atom stereocenters. The van der Waals surface area contributed by atoms with Crippen molar-refractivity contribution < 1.29 is 9.63 Å². The quantitative estimate of drug-likeness (QED) is 0.838. The molecule has 4 heteroatoms. The number of carbonyl (C=O) groups excluding carboxylic acids is 1. The van der Waals surface area contributed by atoms with E-state index in [1.165, 1.54) is 10.6 Å². The van der Waals surface area contributed by atoms with E-state index in [4.69, 9.17) is 4.84 Å². The number of nitrogens with zero attached hydrogens (tertiary/aromatic N) is 1. The highest BCUT2D eigenvalue weighted by atomic mass is 16.7. The second-order valence-corrected chi connectivity index (χ2v) is 4.56. The van der Waals surface area contributed by atoms with Crippen LogP contribution in [0.15, 0.2) is 24.3 Å². The van der Waals surface area contributed by atoms with Gasteiger partial charge < -0.3 is 5.32 Å². The van der Waals surface area contributed by atoms with Gasteiger partial charge in [0.15, 0.2) is 0 Å². The summed E-state index contributed by atoms with van der Waals surface area (Å²) in [5.41, 5.74) is 2.15. The minimum absolute atomic E-state index is 0.0479. The fourth-order valence-electron chi connectivity index (χ4n) is 2.46. The Balaban J connectivity index is 1.85. The lowest BCUT2D eigenvalue weighted by Gasteiger charge is -2.16. The van der Waals surface area contributed by atoms with E-state index >= 15 is 0 Å². The van der Waals surface area contributed by atoms with Gasteiger partial charge in [-0.3, -0.25) is 9.63 Å². The predicted octanol–water partition coefficient (Wildman–Crippen LogP) is 1.43. The van der Waals surface area contributed by atoms with Crippen molar-refractivity contribution in [1.29, 1.82) is 0 Å². The molecule has 0 bridgehead atoms. The molecule has 2 aliphatic rings. The summed E-state index contributed by atoms with van der Waals surface area (Å²) in [4.78, 5) is 16.9. The van der Waals surface area contributed by atoms with Gasteiger partial charge in [0.25, 0.3) is 5.91 Å². The van der Waals surface area contributed by atoms with Crippen LogP contribution in [0.25, 0.3) is 0 Å². The average molecular weight is 232 g/mol. The van der Waals surface area contributed by atoms with E-state index in [1.807, 2.05) is 12.1 Å².